The van der Waals surface area contributed by atoms with Gasteiger partial charge in [0.2, 0.25) is 5.95 Å². The lowest BCUT2D eigenvalue weighted by Gasteiger charge is -2.36. The number of aliphatic imine (C=N–C) groups is 1. The average Bonchev–Trinajstić information content (AvgIpc) is 2.75. The smallest absolute Gasteiger partial charge is 0.225 e. The molecule has 27 heavy (non-hydrogen) atoms. The predicted molar refractivity (Wildman–Crippen MR) is 108 cm³/mol. The van der Waals surface area contributed by atoms with Crippen molar-refractivity contribution in [2.75, 3.05) is 38.1 Å². The van der Waals surface area contributed by atoms with Gasteiger partial charge in [0.25, 0.3) is 0 Å². The zero-order chi connectivity index (χ0) is 18.5. The number of hydrogen-bond acceptors (Lipinski definition) is 5. The molecule has 4 rings (SSSR count). The van der Waals surface area contributed by atoms with Crippen molar-refractivity contribution in [1.82, 2.24) is 25.2 Å². The maximum absolute atomic E-state index is 4.53. The Morgan fingerprint density at radius 2 is 1.70 bits per heavy atom. The lowest BCUT2D eigenvalue weighted by molar-refractivity contribution is 0.370. The number of piperazine rings is 1. The number of fused-ring (bicyclic) bond motifs is 1. The van der Waals surface area contributed by atoms with Crippen LogP contribution in [0.3, 0.4) is 0 Å². The number of nitrogens with one attached hydrogen (secondary N) is 1. The van der Waals surface area contributed by atoms with Crippen LogP contribution in [0.4, 0.5) is 5.95 Å². The van der Waals surface area contributed by atoms with Crippen molar-refractivity contribution >= 4 is 22.8 Å². The number of rotatable bonds is 3. The molecule has 2 aromatic heterocycles. The Morgan fingerprint density at radius 3 is 2.48 bits per heavy atom. The fourth-order valence-electron chi connectivity index (χ4n) is 3.39. The van der Waals surface area contributed by atoms with Gasteiger partial charge in [-0.1, -0.05) is 24.3 Å². The van der Waals surface area contributed by atoms with Crippen LogP contribution in [0.2, 0.25) is 0 Å². The van der Waals surface area contributed by atoms with Crippen LogP contribution in [0.5, 0.6) is 0 Å². The molecule has 0 unspecified atom stereocenters. The third-order valence-corrected chi connectivity index (χ3v) is 4.78. The Morgan fingerprint density at radius 1 is 0.963 bits per heavy atom. The van der Waals surface area contributed by atoms with Crippen LogP contribution >= 0.6 is 0 Å². The van der Waals surface area contributed by atoms with Gasteiger partial charge in [0.05, 0.1) is 5.52 Å². The highest BCUT2D eigenvalue weighted by Gasteiger charge is 2.21. The molecule has 0 aliphatic carbocycles. The Kier molecular flexibility index (Phi) is 5.09. The van der Waals surface area contributed by atoms with Crippen molar-refractivity contribution in [2.45, 2.75) is 6.54 Å². The molecule has 3 aromatic rings. The fraction of sp³-hybridized carbons (Fsp3) is 0.300. The largest absolute Gasteiger partial charge is 0.352 e. The van der Waals surface area contributed by atoms with E-state index in [-0.39, 0.29) is 0 Å². The van der Waals surface area contributed by atoms with Gasteiger partial charge in [-0.25, -0.2) is 9.97 Å². The van der Waals surface area contributed by atoms with Gasteiger partial charge in [0, 0.05) is 63.7 Å². The van der Waals surface area contributed by atoms with Crippen molar-refractivity contribution in [1.29, 1.82) is 0 Å². The average molecular weight is 361 g/mol. The zero-order valence-electron chi connectivity index (χ0n) is 15.4. The van der Waals surface area contributed by atoms with Gasteiger partial charge >= 0.3 is 0 Å². The van der Waals surface area contributed by atoms with Crippen LogP contribution in [0.25, 0.3) is 10.9 Å². The van der Waals surface area contributed by atoms with E-state index in [1.54, 1.807) is 12.4 Å². The maximum Gasteiger partial charge on any atom is 0.225 e. The normalized spacial score (nSPS) is 15.2. The lowest BCUT2D eigenvalue weighted by atomic mass is 10.1. The lowest BCUT2D eigenvalue weighted by Crippen LogP contribution is -2.52. The number of hydrogen-bond donors (Lipinski definition) is 1. The van der Waals surface area contributed by atoms with Crippen LogP contribution in [0.15, 0.2) is 60.0 Å². The SMILES string of the molecule is CN=C(NCc1cccc2cccnc12)N1CCN(c2ncccn2)CC1. The van der Waals surface area contributed by atoms with Crippen molar-refractivity contribution < 1.29 is 0 Å². The molecule has 138 valence electrons. The molecule has 1 saturated heterocycles. The third kappa shape index (κ3) is 3.81. The van der Waals surface area contributed by atoms with Crippen LogP contribution in [-0.4, -0.2) is 59.0 Å². The Balaban J connectivity index is 1.39. The fourth-order valence-corrected chi connectivity index (χ4v) is 3.39. The first kappa shape index (κ1) is 17.2. The summed E-state index contributed by atoms with van der Waals surface area (Å²) in [5.41, 5.74) is 2.21. The van der Waals surface area contributed by atoms with E-state index < -0.39 is 0 Å². The summed E-state index contributed by atoms with van der Waals surface area (Å²) in [5.74, 6) is 1.71. The predicted octanol–water partition coefficient (Wildman–Crippen LogP) is 1.92. The zero-order valence-corrected chi connectivity index (χ0v) is 15.4. The highest BCUT2D eigenvalue weighted by Crippen LogP contribution is 2.16. The minimum absolute atomic E-state index is 0.697. The van der Waals surface area contributed by atoms with E-state index in [4.69, 9.17) is 0 Å². The topological polar surface area (TPSA) is 69.5 Å². The summed E-state index contributed by atoms with van der Waals surface area (Å²) in [7, 11) is 1.83. The number of para-hydroxylation sites is 1. The Labute approximate surface area is 158 Å². The van der Waals surface area contributed by atoms with Crippen LogP contribution < -0.4 is 10.2 Å². The van der Waals surface area contributed by atoms with Crippen LogP contribution in [0.1, 0.15) is 5.56 Å². The first-order chi connectivity index (χ1) is 13.3. The van der Waals surface area contributed by atoms with Gasteiger partial charge in [0.1, 0.15) is 0 Å². The molecule has 0 amide bonds. The molecule has 1 N–H and O–H groups in total. The van der Waals surface area contributed by atoms with E-state index in [1.165, 1.54) is 5.56 Å². The van der Waals surface area contributed by atoms with Crippen molar-refractivity contribution in [3.05, 3.63) is 60.6 Å². The molecular formula is C20H23N7. The van der Waals surface area contributed by atoms with E-state index in [9.17, 15) is 0 Å². The van der Waals surface area contributed by atoms with E-state index in [1.807, 2.05) is 25.4 Å². The van der Waals surface area contributed by atoms with Crippen molar-refractivity contribution in [2.24, 2.45) is 4.99 Å². The summed E-state index contributed by atoms with van der Waals surface area (Å²) < 4.78 is 0. The molecule has 1 fully saturated rings. The highest BCUT2D eigenvalue weighted by atomic mass is 15.4. The number of aromatic nitrogens is 3. The Hall–Kier alpha value is -3.22. The summed E-state index contributed by atoms with van der Waals surface area (Å²) in [6.45, 7) is 4.21. The molecule has 7 heteroatoms. The molecular weight excluding hydrogens is 338 g/mol. The van der Waals surface area contributed by atoms with Gasteiger partial charge in [0.15, 0.2) is 5.96 Å². The highest BCUT2D eigenvalue weighted by molar-refractivity contribution is 5.83. The monoisotopic (exact) mass is 361 g/mol. The summed E-state index contributed by atoms with van der Waals surface area (Å²) in [6, 6.07) is 12.2. The second-order valence-corrected chi connectivity index (χ2v) is 6.42. The van der Waals surface area contributed by atoms with Gasteiger partial charge in [-0.3, -0.25) is 9.98 Å². The Bertz CT molecular complexity index is 913. The van der Waals surface area contributed by atoms with Crippen molar-refractivity contribution in [3.63, 3.8) is 0 Å². The minimum atomic E-state index is 0.697. The summed E-state index contributed by atoms with van der Waals surface area (Å²) in [4.78, 5) is 22.2. The van der Waals surface area contributed by atoms with Crippen LogP contribution in [0, 0.1) is 0 Å². The van der Waals surface area contributed by atoms with E-state index in [2.05, 4.69) is 59.3 Å². The first-order valence-electron chi connectivity index (χ1n) is 9.15. The van der Waals surface area contributed by atoms with Gasteiger partial charge < -0.3 is 15.1 Å². The second kappa shape index (κ2) is 7.99. The van der Waals surface area contributed by atoms with E-state index in [0.717, 1.165) is 49.0 Å². The summed E-state index contributed by atoms with van der Waals surface area (Å²) >= 11 is 0. The maximum atomic E-state index is 4.53. The molecule has 3 heterocycles. The standard InChI is InChI=1S/C20H23N7/c1-21-19(25-15-17-6-2-5-16-7-3-8-22-18(16)17)26-11-13-27(14-12-26)20-23-9-4-10-24-20/h2-10H,11-15H2,1H3,(H,21,25). The molecule has 7 nitrogen and oxygen atoms in total. The van der Waals surface area contributed by atoms with Crippen LogP contribution in [-0.2, 0) is 6.54 Å². The number of pyridine rings is 1. The molecule has 0 saturated carbocycles. The molecule has 0 bridgehead atoms. The third-order valence-electron chi connectivity index (χ3n) is 4.78. The molecule has 0 atom stereocenters. The number of nitrogens with zero attached hydrogens (tertiary/aromatic N) is 6. The molecule has 0 radical (unpaired) electrons. The van der Waals surface area contributed by atoms with E-state index in [0.29, 0.717) is 6.54 Å². The first-order valence-corrected chi connectivity index (χ1v) is 9.15. The van der Waals surface area contributed by atoms with Gasteiger partial charge in [-0.15, -0.1) is 0 Å². The van der Waals surface area contributed by atoms with Gasteiger partial charge in [-0.2, -0.15) is 0 Å². The van der Waals surface area contributed by atoms with E-state index >= 15 is 0 Å². The quantitative estimate of drug-likeness (QED) is 0.568. The molecule has 0 spiro atoms. The summed E-state index contributed by atoms with van der Waals surface area (Å²) in [5, 5.41) is 4.64. The number of guanidine groups is 1. The number of anilines is 1. The molecule has 1 aromatic carbocycles. The number of benzene rings is 1. The molecule has 1 aliphatic heterocycles. The molecule has 1 aliphatic rings. The summed E-state index contributed by atoms with van der Waals surface area (Å²) in [6.07, 6.45) is 5.41. The van der Waals surface area contributed by atoms with Crippen molar-refractivity contribution in [3.8, 4) is 0 Å². The minimum Gasteiger partial charge on any atom is -0.352 e. The second-order valence-electron chi connectivity index (χ2n) is 6.42. The van der Waals surface area contributed by atoms with Gasteiger partial charge in [-0.05, 0) is 17.7 Å².